The van der Waals surface area contributed by atoms with Crippen molar-refractivity contribution >= 4 is 15.1 Å². The third-order valence-corrected chi connectivity index (χ3v) is 5.86. The zero-order valence-electron chi connectivity index (χ0n) is 15.3. The summed E-state index contributed by atoms with van der Waals surface area (Å²) in [5.74, 6) is 7.92. The highest BCUT2D eigenvalue weighted by Gasteiger charge is 2.46. The van der Waals surface area contributed by atoms with E-state index in [4.69, 9.17) is 11.4 Å². The Labute approximate surface area is 164 Å². The molecule has 0 radical (unpaired) electrons. The molecule has 27 heavy (non-hydrogen) atoms. The Bertz CT molecular complexity index is 955. The van der Waals surface area contributed by atoms with E-state index in [-0.39, 0.29) is 0 Å². The van der Waals surface area contributed by atoms with E-state index in [1.54, 1.807) is 0 Å². The van der Waals surface area contributed by atoms with Crippen molar-refractivity contribution in [2.45, 2.75) is 19.4 Å². The van der Waals surface area contributed by atoms with Crippen LogP contribution in [-0.4, -0.2) is 20.8 Å². The van der Waals surface area contributed by atoms with Gasteiger partial charge in [-0.3, -0.25) is 0 Å². The SMILES string of the molecule is CC(C)(C#Cc1ccccc1)[O][Al]1[O]c2ccccc2-c2ccccc2[O]1. The maximum atomic E-state index is 6.22. The molecule has 0 saturated heterocycles. The predicted molar refractivity (Wildman–Crippen MR) is 107 cm³/mol. The van der Waals surface area contributed by atoms with E-state index >= 15 is 0 Å². The average Bonchev–Trinajstić information content (AvgIpc) is 2.83. The van der Waals surface area contributed by atoms with Gasteiger partial charge in [0, 0.05) is 16.7 Å². The van der Waals surface area contributed by atoms with Crippen LogP contribution in [0.3, 0.4) is 0 Å². The first kappa shape index (κ1) is 17.7. The van der Waals surface area contributed by atoms with Crippen molar-refractivity contribution in [3.05, 3.63) is 84.4 Å². The lowest BCUT2D eigenvalue weighted by atomic mass is 10.0. The van der Waals surface area contributed by atoms with E-state index in [2.05, 4.69) is 11.8 Å². The summed E-state index contributed by atoms with van der Waals surface area (Å²) in [4.78, 5) is 0. The third-order valence-electron chi connectivity index (χ3n) is 4.18. The van der Waals surface area contributed by atoms with Crippen molar-refractivity contribution in [1.29, 1.82) is 0 Å². The van der Waals surface area contributed by atoms with Gasteiger partial charge in [-0.15, -0.1) is 0 Å². The van der Waals surface area contributed by atoms with Crippen LogP contribution < -0.4 is 7.58 Å². The molecule has 0 unspecified atom stereocenters. The molecule has 3 aromatic rings. The second-order valence-corrected chi connectivity index (χ2v) is 8.05. The number of hydrogen-bond acceptors (Lipinski definition) is 3. The Kier molecular flexibility index (Phi) is 4.93. The lowest BCUT2D eigenvalue weighted by Gasteiger charge is -2.22. The van der Waals surface area contributed by atoms with Crippen molar-refractivity contribution in [3.8, 4) is 34.5 Å². The van der Waals surface area contributed by atoms with Crippen LogP contribution >= 0.6 is 0 Å². The molecular formula is C23H19AlO3. The Morgan fingerprint density at radius 2 is 1.26 bits per heavy atom. The van der Waals surface area contributed by atoms with E-state index < -0.39 is 20.8 Å². The number of rotatable bonds is 2. The number of hydrogen-bond donors (Lipinski definition) is 0. The Hall–Kier alpha value is -2.69. The molecule has 3 nitrogen and oxygen atoms in total. The van der Waals surface area contributed by atoms with Gasteiger partial charge in [-0.2, -0.15) is 0 Å². The predicted octanol–water partition coefficient (Wildman–Crippen LogP) is 4.96. The molecule has 0 N–H and O–H groups in total. The minimum absolute atomic E-state index is 0.693. The molecule has 0 aliphatic carbocycles. The van der Waals surface area contributed by atoms with E-state index in [0.29, 0.717) is 0 Å². The molecule has 4 heteroatoms. The molecule has 0 amide bonds. The zero-order chi connectivity index (χ0) is 18.7. The quantitative estimate of drug-likeness (QED) is 0.472. The summed E-state index contributed by atoms with van der Waals surface area (Å²) in [5, 5.41) is 0. The fourth-order valence-corrected chi connectivity index (χ4v) is 4.39. The van der Waals surface area contributed by atoms with Gasteiger partial charge in [0.2, 0.25) is 0 Å². The number of benzene rings is 3. The molecule has 1 aliphatic heterocycles. The molecule has 0 atom stereocenters. The van der Waals surface area contributed by atoms with Crippen molar-refractivity contribution in [3.63, 3.8) is 0 Å². The van der Waals surface area contributed by atoms with Gasteiger partial charge in [-0.25, -0.2) is 0 Å². The minimum Gasteiger partial charge on any atom is -0.588 e. The molecule has 0 saturated carbocycles. The normalized spacial score (nSPS) is 12.4. The second-order valence-electron chi connectivity index (χ2n) is 6.76. The molecule has 3 aromatic carbocycles. The topological polar surface area (TPSA) is 27.7 Å². The van der Waals surface area contributed by atoms with Gasteiger partial charge < -0.3 is 11.4 Å². The van der Waals surface area contributed by atoms with Crippen LogP contribution in [0.5, 0.6) is 11.5 Å². The van der Waals surface area contributed by atoms with Crippen molar-refractivity contribution in [2.24, 2.45) is 0 Å². The Morgan fingerprint density at radius 1 is 0.741 bits per heavy atom. The first-order valence-electron chi connectivity index (χ1n) is 8.88. The van der Waals surface area contributed by atoms with Crippen LogP contribution in [-0.2, 0) is 3.79 Å². The van der Waals surface area contributed by atoms with Crippen LogP contribution in [0.25, 0.3) is 11.1 Å². The maximum absolute atomic E-state index is 6.22. The molecule has 1 heterocycles. The molecular weight excluding hydrogens is 351 g/mol. The summed E-state index contributed by atoms with van der Waals surface area (Å²) in [5.41, 5.74) is 2.29. The minimum atomic E-state index is -2.50. The van der Waals surface area contributed by atoms with Crippen LogP contribution in [0.15, 0.2) is 78.9 Å². The van der Waals surface area contributed by atoms with Gasteiger partial charge >= 0.3 is 15.1 Å². The summed E-state index contributed by atoms with van der Waals surface area (Å²) in [6.45, 7) is 3.87. The first-order valence-corrected chi connectivity index (χ1v) is 10.3. The van der Waals surface area contributed by atoms with Crippen LogP contribution in [0, 0.1) is 11.8 Å². The van der Waals surface area contributed by atoms with Crippen LogP contribution in [0.1, 0.15) is 19.4 Å². The highest BCUT2D eigenvalue weighted by atomic mass is 27.3. The molecule has 0 bridgehead atoms. The highest BCUT2D eigenvalue weighted by molar-refractivity contribution is 6.39. The Morgan fingerprint density at radius 3 is 1.85 bits per heavy atom. The maximum Gasteiger partial charge on any atom is 1.10 e. The van der Waals surface area contributed by atoms with Crippen molar-refractivity contribution in [1.82, 2.24) is 0 Å². The monoisotopic (exact) mass is 370 g/mol. The first-order chi connectivity index (χ1) is 13.1. The summed E-state index contributed by atoms with van der Waals surface area (Å²) < 4.78 is 18.5. The average molecular weight is 370 g/mol. The van der Waals surface area contributed by atoms with E-state index in [1.165, 1.54) is 0 Å². The Balaban J connectivity index is 1.61. The second kappa shape index (κ2) is 7.51. The van der Waals surface area contributed by atoms with Gasteiger partial charge in [0.1, 0.15) is 5.60 Å². The smallest absolute Gasteiger partial charge is 0.588 e. The fourth-order valence-electron chi connectivity index (χ4n) is 2.88. The van der Waals surface area contributed by atoms with E-state index in [1.807, 2.05) is 92.7 Å². The molecule has 132 valence electrons. The van der Waals surface area contributed by atoms with Crippen LogP contribution in [0.4, 0.5) is 0 Å². The van der Waals surface area contributed by atoms with Gasteiger partial charge in [0.05, 0.1) is 11.5 Å². The zero-order valence-corrected chi connectivity index (χ0v) is 16.5. The highest BCUT2D eigenvalue weighted by Crippen LogP contribution is 2.39. The van der Waals surface area contributed by atoms with Gasteiger partial charge in [-0.05, 0) is 38.1 Å². The molecule has 0 spiro atoms. The molecule has 4 rings (SSSR count). The van der Waals surface area contributed by atoms with Gasteiger partial charge in [0.25, 0.3) is 0 Å². The largest absolute Gasteiger partial charge is 1.10 e. The van der Waals surface area contributed by atoms with Crippen molar-refractivity contribution < 1.29 is 11.4 Å². The van der Waals surface area contributed by atoms with Crippen molar-refractivity contribution in [2.75, 3.05) is 0 Å². The molecule has 0 fully saturated rings. The summed E-state index contributed by atoms with van der Waals surface area (Å²) in [7, 11) is 0. The van der Waals surface area contributed by atoms with E-state index in [9.17, 15) is 0 Å². The third kappa shape index (κ3) is 4.18. The lowest BCUT2D eigenvalue weighted by molar-refractivity contribution is 0.106. The summed E-state index contributed by atoms with van der Waals surface area (Å²) >= 11 is -2.50. The molecule has 0 aromatic heterocycles. The summed E-state index contributed by atoms with van der Waals surface area (Å²) in [6.07, 6.45) is 0. The standard InChI is InChI=1S/C12H10O2.C11H11O.Al/c13-11-7-3-1-5-9(11)10-6-2-4-8-12(10)14;1-11(2,12)9-8-10-6-4-3-5-7-10;/h1-8,13-14H;3-7H,1-2H3;/q;-1;+3/p-2. The number of para-hydroxylation sites is 2. The summed E-state index contributed by atoms with van der Waals surface area (Å²) in [6, 6.07) is 25.8. The molecule has 1 aliphatic rings. The van der Waals surface area contributed by atoms with E-state index in [0.717, 1.165) is 28.2 Å². The fraction of sp³-hybridized carbons (Fsp3) is 0.130. The van der Waals surface area contributed by atoms with Gasteiger partial charge in [-0.1, -0.05) is 66.4 Å². The van der Waals surface area contributed by atoms with Gasteiger partial charge in [0.15, 0.2) is 0 Å². The lowest BCUT2D eigenvalue weighted by Crippen LogP contribution is -2.41. The van der Waals surface area contributed by atoms with Crippen LogP contribution in [0.2, 0.25) is 0 Å². The number of fused-ring (bicyclic) bond motifs is 3.